The van der Waals surface area contributed by atoms with E-state index in [2.05, 4.69) is 31.4 Å². The number of hydrogen-bond acceptors (Lipinski definition) is 3. The maximum atomic E-state index is 11.7. The van der Waals surface area contributed by atoms with Crippen molar-refractivity contribution >= 4 is 5.91 Å². The number of ether oxygens (including phenoxy) is 1. The third-order valence-corrected chi connectivity index (χ3v) is 3.19. The second kappa shape index (κ2) is 9.40. The van der Waals surface area contributed by atoms with E-state index >= 15 is 0 Å². The molecule has 0 bridgehead atoms. The van der Waals surface area contributed by atoms with Crippen molar-refractivity contribution in [1.29, 1.82) is 0 Å². The molecule has 1 aromatic rings. The molecule has 1 rings (SSSR count). The van der Waals surface area contributed by atoms with Crippen LogP contribution in [0.1, 0.15) is 44.7 Å². The van der Waals surface area contributed by atoms with E-state index < -0.39 is 0 Å². The molecule has 2 N–H and O–H groups in total. The average molecular weight is 292 g/mol. The second-order valence-electron chi connectivity index (χ2n) is 5.59. The molecule has 1 aromatic carbocycles. The molecule has 0 aliphatic rings. The summed E-state index contributed by atoms with van der Waals surface area (Å²) in [6, 6.07) is 6.47. The number of carbonyl (C=O) groups excluding carboxylic acids is 1. The summed E-state index contributed by atoms with van der Waals surface area (Å²) in [5, 5.41) is 6.24. The summed E-state index contributed by atoms with van der Waals surface area (Å²) < 4.78 is 5.74. The molecule has 0 heterocycles. The van der Waals surface area contributed by atoms with E-state index in [0.717, 1.165) is 36.3 Å². The van der Waals surface area contributed by atoms with E-state index in [-0.39, 0.29) is 12.5 Å². The molecule has 0 atom stereocenters. The highest BCUT2D eigenvalue weighted by Crippen LogP contribution is 2.23. The third-order valence-electron chi connectivity index (χ3n) is 3.19. The van der Waals surface area contributed by atoms with Crippen LogP contribution in [-0.4, -0.2) is 25.1 Å². The van der Waals surface area contributed by atoms with Gasteiger partial charge in [-0.1, -0.05) is 45.4 Å². The number of para-hydroxylation sites is 1. The van der Waals surface area contributed by atoms with Gasteiger partial charge < -0.3 is 15.4 Å². The van der Waals surface area contributed by atoms with Crippen LogP contribution >= 0.6 is 0 Å². The number of rotatable bonds is 9. The zero-order valence-electron chi connectivity index (χ0n) is 13.7. The highest BCUT2D eigenvalue weighted by Gasteiger charge is 2.09. The summed E-state index contributed by atoms with van der Waals surface area (Å²) >= 11 is 0. The molecule has 0 saturated carbocycles. The maximum Gasteiger partial charge on any atom is 0.257 e. The van der Waals surface area contributed by atoms with Crippen molar-refractivity contribution in [2.45, 2.75) is 53.1 Å². The van der Waals surface area contributed by atoms with Crippen molar-refractivity contribution in [3.8, 4) is 5.75 Å². The van der Waals surface area contributed by atoms with Gasteiger partial charge in [0.2, 0.25) is 0 Å². The van der Waals surface area contributed by atoms with Crippen LogP contribution in [0, 0.1) is 6.92 Å². The summed E-state index contributed by atoms with van der Waals surface area (Å²) in [7, 11) is 0. The van der Waals surface area contributed by atoms with Crippen LogP contribution in [0.2, 0.25) is 0 Å². The van der Waals surface area contributed by atoms with Crippen molar-refractivity contribution in [2.24, 2.45) is 0 Å². The first kappa shape index (κ1) is 17.5. The Hall–Kier alpha value is -1.55. The van der Waals surface area contributed by atoms with E-state index in [0.29, 0.717) is 12.6 Å². The van der Waals surface area contributed by atoms with Crippen LogP contribution in [0.5, 0.6) is 5.75 Å². The van der Waals surface area contributed by atoms with Gasteiger partial charge in [-0.3, -0.25) is 4.79 Å². The number of benzene rings is 1. The smallest absolute Gasteiger partial charge is 0.257 e. The van der Waals surface area contributed by atoms with Crippen LogP contribution < -0.4 is 15.4 Å². The first-order valence-corrected chi connectivity index (χ1v) is 7.76. The van der Waals surface area contributed by atoms with Crippen molar-refractivity contribution in [3.63, 3.8) is 0 Å². The third kappa shape index (κ3) is 6.63. The fourth-order valence-corrected chi connectivity index (χ4v) is 1.97. The molecule has 0 radical (unpaired) electrons. The Morgan fingerprint density at radius 2 is 2.10 bits per heavy atom. The number of aryl methyl sites for hydroxylation is 1. The van der Waals surface area contributed by atoms with E-state index in [1.54, 1.807) is 0 Å². The van der Waals surface area contributed by atoms with Crippen molar-refractivity contribution in [2.75, 3.05) is 13.2 Å². The van der Waals surface area contributed by atoms with Crippen LogP contribution in [0.15, 0.2) is 18.2 Å². The monoisotopic (exact) mass is 292 g/mol. The van der Waals surface area contributed by atoms with Gasteiger partial charge in [0, 0.05) is 24.7 Å². The molecule has 1 amide bonds. The fourth-order valence-electron chi connectivity index (χ4n) is 1.97. The van der Waals surface area contributed by atoms with E-state index in [1.165, 1.54) is 0 Å². The van der Waals surface area contributed by atoms with E-state index in [4.69, 9.17) is 4.74 Å². The number of hydrogen-bond donors (Lipinski definition) is 2. The minimum atomic E-state index is -0.0607. The lowest BCUT2D eigenvalue weighted by molar-refractivity contribution is -0.123. The summed E-state index contributed by atoms with van der Waals surface area (Å²) in [5.41, 5.74) is 2.14. The van der Waals surface area contributed by atoms with Gasteiger partial charge in [-0.15, -0.1) is 0 Å². The maximum absolute atomic E-state index is 11.7. The Morgan fingerprint density at radius 1 is 1.33 bits per heavy atom. The SMILES string of the molecule is CCCCNC(=O)COc1c(C)cccc1CNC(C)C. The van der Waals surface area contributed by atoms with Gasteiger partial charge in [0.25, 0.3) is 5.91 Å². The molecular formula is C17H28N2O2. The Balaban J connectivity index is 2.58. The van der Waals surface area contributed by atoms with Gasteiger partial charge in [-0.2, -0.15) is 0 Å². The number of carbonyl (C=O) groups is 1. The first-order valence-electron chi connectivity index (χ1n) is 7.76. The standard InChI is InChI=1S/C17H28N2O2/c1-5-6-10-18-16(20)12-21-17-14(4)8-7-9-15(17)11-19-13(2)3/h7-9,13,19H,5-6,10-12H2,1-4H3,(H,18,20). The molecule has 0 saturated heterocycles. The van der Waals surface area contributed by atoms with Crippen LogP contribution in [-0.2, 0) is 11.3 Å². The van der Waals surface area contributed by atoms with Gasteiger partial charge in [0.1, 0.15) is 5.75 Å². The highest BCUT2D eigenvalue weighted by molar-refractivity contribution is 5.77. The molecule has 0 unspecified atom stereocenters. The van der Waals surface area contributed by atoms with Gasteiger partial charge in [-0.25, -0.2) is 0 Å². The van der Waals surface area contributed by atoms with Crippen LogP contribution in [0.4, 0.5) is 0 Å². The zero-order valence-corrected chi connectivity index (χ0v) is 13.7. The lowest BCUT2D eigenvalue weighted by Crippen LogP contribution is -2.30. The highest BCUT2D eigenvalue weighted by atomic mass is 16.5. The van der Waals surface area contributed by atoms with Crippen molar-refractivity contribution < 1.29 is 9.53 Å². The molecular weight excluding hydrogens is 264 g/mol. The molecule has 0 spiro atoms. The minimum Gasteiger partial charge on any atom is -0.483 e. The summed E-state index contributed by atoms with van der Waals surface area (Å²) in [5.74, 6) is 0.755. The summed E-state index contributed by atoms with van der Waals surface area (Å²) in [4.78, 5) is 11.7. The first-order chi connectivity index (χ1) is 10.0. The van der Waals surface area contributed by atoms with Gasteiger partial charge in [0.15, 0.2) is 6.61 Å². The van der Waals surface area contributed by atoms with E-state index in [1.807, 2.05) is 25.1 Å². The largest absolute Gasteiger partial charge is 0.483 e. The predicted molar refractivity (Wildman–Crippen MR) is 86.6 cm³/mol. The van der Waals surface area contributed by atoms with Crippen molar-refractivity contribution in [3.05, 3.63) is 29.3 Å². The van der Waals surface area contributed by atoms with Gasteiger partial charge in [-0.05, 0) is 18.9 Å². The number of unbranched alkanes of at least 4 members (excludes halogenated alkanes) is 1. The van der Waals surface area contributed by atoms with E-state index in [9.17, 15) is 4.79 Å². The molecule has 0 fully saturated rings. The second-order valence-corrected chi connectivity index (χ2v) is 5.59. The normalized spacial score (nSPS) is 10.7. The molecule has 0 aliphatic carbocycles. The van der Waals surface area contributed by atoms with Crippen LogP contribution in [0.25, 0.3) is 0 Å². The van der Waals surface area contributed by atoms with Crippen LogP contribution in [0.3, 0.4) is 0 Å². The topological polar surface area (TPSA) is 50.4 Å². The number of amides is 1. The molecule has 0 aromatic heterocycles. The molecule has 118 valence electrons. The predicted octanol–water partition coefficient (Wildman–Crippen LogP) is 2.79. The molecule has 0 aliphatic heterocycles. The Kier molecular flexibility index (Phi) is 7.83. The lowest BCUT2D eigenvalue weighted by Gasteiger charge is -2.15. The quantitative estimate of drug-likeness (QED) is 0.688. The zero-order chi connectivity index (χ0) is 15.7. The molecule has 21 heavy (non-hydrogen) atoms. The summed E-state index contributed by atoms with van der Waals surface area (Å²) in [6.45, 7) is 9.85. The Labute approximate surface area is 128 Å². The Bertz CT molecular complexity index is 444. The summed E-state index contributed by atoms with van der Waals surface area (Å²) in [6.07, 6.45) is 2.07. The Morgan fingerprint density at radius 3 is 2.76 bits per heavy atom. The number of nitrogens with one attached hydrogen (secondary N) is 2. The molecule has 4 nitrogen and oxygen atoms in total. The average Bonchev–Trinajstić information content (AvgIpc) is 2.44. The lowest BCUT2D eigenvalue weighted by atomic mass is 10.1. The van der Waals surface area contributed by atoms with Gasteiger partial charge >= 0.3 is 0 Å². The minimum absolute atomic E-state index is 0.0607. The van der Waals surface area contributed by atoms with Crippen molar-refractivity contribution in [1.82, 2.24) is 10.6 Å². The fraction of sp³-hybridized carbons (Fsp3) is 0.588. The van der Waals surface area contributed by atoms with Gasteiger partial charge in [0.05, 0.1) is 0 Å². The molecule has 4 heteroatoms.